The van der Waals surface area contributed by atoms with E-state index in [4.69, 9.17) is 5.73 Å². The number of nitrogens with two attached hydrogens (primary N) is 1. The van der Waals surface area contributed by atoms with Crippen molar-refractivity contribution in [3.05, 3.63) is 0 Å². The molecule has 0 aromatic carbocycles. The van der Waals surface area contributed by atoms with Crippen molar-refractivity contribution in [1.29, 1.82) is 0 Å². The number of nitrogens with one attached hydrogen (secondary N) is 1. The summed E-state index contributed by atoms with van der Waals surface area (Å²) in [6, 6.07) is 0. The summed E-state index contributed by atoms with van der Waals surface area (Å²) in [5.74, 6) is 0. The summed E-state index contributed by atoms with van der Waals surface area (Å²) < 4.78 is 26.4. The number of nitrogens with zero attached hydrogens (tertiary/aromatic N) is 1. The summed E-state index contributed by atoms with van der Waals surface area (Å²) in [6.45, 7) is 7.22. The first-order valence-corrected chi connectivity index (χ1v) is 7.52. The van der Waals surface area contributed by atoms with E-state index < -0.39 is 20.3 Å². The van der Waals surface area contributed by atoms with Gasteiger partial charge in [0, 0.05) is 12.1 Å². The second kappa shape index (κ2) is 4.84. The van der Waals surface area contributed by atoms with Crippen LogP contribution in [0, 0.1) is 0 Å². The van der Waals surface area contributed by atoms with Gasteiger partial charge in [0.1, 0.15) is 0 Å². The standard InChI is InChI=1S/C11H25N3O2S/c1-10(2,3)17(15,16)13-11(9-12)5-7-14(4)8-6-11/h13H,5-9,12H2,1-4H3. The smallest absolute Gasteiger partial charge is 0.217 e. The van der Waals surface area contributed by atoms with E-state index in [-0.39, 0.29) is 0 Å². The third-order valence-corrected chi connectivity index (χ3v) is 5.81. The topological polar surface area (TPSA) is 75.4 Å². The third-order valence-electron chi connectivity index (χ3n) is 3.49. The number of hydrogen-bond acceptors (Lipinski definition) is 4. The molecule has 1 aliphatic heterocycles. The molecule has 17 heavy (non-hydrogen) atoms. The summed E-state index contributed by atoms with van der Waals surface area (Å²) in [5.41, 5.74) is 5.33. The van der Waals surface area contributed by atoms with Gasteiger partial charge < -0.3 is 10.6 Å². The van der Waals surface area contributed by atoms with Crippen molar-refractivity contribution in [2.24, 2.45) is 5.73 Å². The molecule has 5 nitrogen and oxygen atoms in total. The maximum atomic E-state index is 12.2. The lowest BCUT2D eigenvalue weighted by Gasteiger charge is -2.41. The molecule has 0 saturated carbocycles. The van der Waals surface area contributed by atoms with Crippen LogP contribution in [0.2, 0.25) is 0 Å². The second-order valence-corrected chi connectivity index (χ2v) is 8.44. The molecule has 0 aliphatic carbocycles. The van der Waals surface area contributed by atoms with Gasteiger partial charge in [-0.1, -0.05) is 0 Å². The van der Waals surface area contributed by atoms with Gasteiger partial charge in [-0.2, -0.15) is 0 Å². The third kappa shape index (κ3) is 3.40. The van der Waals surface area contributed by atoms with Crippen molar-refractivity contribution in [2.75, 3.05) is 26.7 Å². The molecule has 1 saturated heterocycles. The molecule has 102 valence electrons. The van der Waals surface area contributed by atoms with Crippen LogP contribution in [0.3, 0.4) is 0 Å². The molecular formula is C11H25N3O2S. The van der Waals surface area contributed by atoms with Crippen LogP contribution in [0.5, 0.6) is 0 Å². The zero-order chi connectivity index (χ0) is 13.3. The van der Waals surface area contributed by atoms with Crippen LogP contribution >= 0.6 is 0 Å². The van der Waals surface area contributed by atoms with Gasteiger partial charge in [-0.15, -0.1) is 0 Å². The molecule has 1 aliphatic rings. The van der Waals surface area contributed by atoms with Crippen LogP contribution in [-0.4, -0.2) is 50.3 Å². The zero-order valence-electron chi connectivity index (χ0n) is 11.3. The summed E-state index contributed by atoms with van der Waals surface area (Å²) in [6.07, 6.45) is 1.55. The van der Waals surface area contributed by atoms with Crippen molar-refractivity contribution < 1.29 is 8.42 Å². The molecule has 0 radical (unpaired) electrons. The lowest BCUT2D eigenvalue weighted by Crippen LogP contribution is -2.61. The van der Waals surface area contributed by atoms with E-state index in [1.54, 1.807) is 20.8 Å². The molecule has 1 heterocycles. The minimum Gasteiger partial charge on any atom is -0.329 e. The molecule has 1 rings (SSSR count). The molecule has 1 fully saturated rings. The van der Waals surface area contributed by atoms with Crippen LogP contribution in [0.25, 0.3) is 0 Å². The Bertz CT molecular complexity index is 351. The van der Waals surface area contributed by atoms with Gasteiger partial charge in [-0.05, 0) is 53.8 Å². The van der Waals surface area contributed by atoms with Crippen molar-refractivity contribution in [2.45, 2.75) is 43.9 Å². The van der Waals surface area contributed by atoms with Crippen molar-refractivity contribution in [1.82, 2.24) is 9.62 Å². The molecule has 3 N–H and O–H groups in total. The molecule has 0 unspecified atom stereocenters. The fourth-order valence-electron chi connectivity index (χ4n) is 1.83. The highest BCUT2D eigenvalue weighted by molar-refractivity contribution is 7.90. The Balaban J connectivity index is 2.84. The van der Waals surface area contributed by atoms with Crippen molar-refractivity contribution in [3.8, 4) is 0 Å². The Kier molecular flexibility index (Phi) is 4.24. The Hall–Kier alpha value is -0.170. The van der Waals surface area contributed by atoms with Crippen molar-refractivity contribution in [3.63, 3.8) is 0 Å². The number of sulfonamides is 1. The highest BCUT2D eigenvalue weighted by Gasteiger charge is 2.40. The van der Waals surface area contributed by atoms with Gasteiger partial charge in [-0.25, -0.2) is 13.1 Å². The molecular weight excluding hydrogens is 238 g/mol. The van der Waals surface area contributed by atoms with Crippen LogP contribution in [0.1, 0.15) is 33.6 Å². The van der Waals surface area contributed by atoms with Crippen LogP contribution in [0.15, 0.2) is 0 Å². The fraction of sp³-hybridized carbons (Fsp3) is 1.00. The van der Waals surface area contributed by atoms with Crippen LogP contribution in [-0.2, 0) is 10.0 Å². The van der Waals surface area contributed by atoms with Gasteiger partial charge in [0.05, 0.1) is 4.75 Å². The minimum atomic E-state index is -3.33. The first-order valence-electron chi connectivity index (χ1n) is 6.04. The summed E-state index contributed by atoms with van der Waals surface area (Å²) in [7, 11) is -1.29. The molecule has 0 aromatic heterocycles. The maximum Gasteiger partial charge on any atom is 0.217 e. The van der Waals surface area contributed by atoms with E-state index in [1.165, 1.54) is 0 Å². The molecule has 0 spiro atoms. The first-order chi connectivity index (χ1) is 7.62. The molecule has 0 aromatic rings. The van der Waals surface area contributed by atoms with E-state index >= 15 is 0 Å². The molecule has 6 heteroatoms. The predicted octanol–water partition coefficient (Wildman–Crippen LogP) is 0.127. The fourth-order valence-corrected chi connectivity index (χ4v) is 3.00. The minimum absolute atomic E-state index is 0.357. The lowest BCUT2D eigenvalue weighted by atomic mass is 9.89. The maximum absolute atomic E-state index is 12.2. The zero-order valence-corrected chi connectivity index (χ0v) is 12.1. The van der Waals surface area contributed by atoms with Gasteiger partial charge in [0.15, 0.2) is 0 Å². The van der Waals surface area contributed by atoms with E-state index in [0.717, 1.165) is 25.9 Å². The molecule has 0 bridgehead atoms. The quantitative estimate of drug-likeness (QED) is 0.759. The highest BCUT2D eigenvalue weighted by atomic mass is 32.2. The van der Waals surface area contributed by atoms with Crippen LogP contribution < -0.4 is 10.5 Å². The average molecular weight is 263 g/mol. The number of piperidine rings is 1. The molecule has 0 atom stereocenters. The summed E-state index contributed by atoms with van der Waals surface area (Å²) in [5, 5.41) is 0. The summed E-state index contributed by atoms with van der Waals surface area (Å²) in [4.78, 5) is 2.19. The second-order valence-electron chi connectivity index (χ2n) is 6.01. The largest absolute Gasteiger partial charge is 0.329 e. The predicted molar refractivity (Wildman–Crippen MR) is 70.3 cm³/mol. The molecule has 0 amide bonds. The SMILES string of the molecule is CN1CCC(CN)(NS(=O)(=O)C(C)(C)C)CC1. The Labute approximate surface area is 105 Å². The van der Waals surface area contributed by atoms with Crippen LogP contribution in [0.4, 0.5) is 0 Å². The van der Waals surface area contributed by atoms with Gasteiger partial charge in [0.25, 0.3) is 0 Å². The lowest BCUT2D eigenvalue weighted by molar-refractivity contribution is 0.181. The summed E-state index contributed by atoms with van der Waals surface area (Å²) >= 11 is 0. The van der Waals surface area contributed by atoms with E-state index in [9.17, 15) is 8.42 Å². The van der Waals surface area contributed by atoms with E-state index in [0.29, 0.717) is 6.54 Å². The Morgan fingerprint density at radius 3 is 2.12 bits per heavy atom. The Morgan fingerprint density at radius 2 is 1.76 bits per heavy atom. The normalized spacial score (nSPS) is 22.6. The number of hydrogen-bond donors (Lipinski definition) is 2. The van der Waals surface area contributed by atoms with Gasteiger partial charge in [-0.3, -0.25) is 0 Å². The number of rotatable bonds is 3. The highest BCUT2D eigenvalue weighted by Crippen LogP contribution is 2.24. The Morgan fingerprint density at radius 1 is 1.29 bits per heavy atom. The van der Waals surface area contributed by atoms with Gasteiger partial charge >= 0.3 is 0 Å². The van der Waals surface area contributed by atoms with Gasteiger partial charge in [0.2, 0.25) is 10.0 Å². The van der Waals surface area contributed by atoms with Crippen molar-refractivity contribution >= 4 is 10.0 Å². The van der Waals surface area contributed by atoms with E-state index in [1.807, 2.05) is 7.05 Å². The first kappa shape index (κ1) is 14.9. The average Bonchev–Trinajstić information content (AvgIpc) is 2.20. The number of likely N-dealkylation sites (tertiary alicyclic amines) is 1. The monoisotopic (exact) mass is 263 g/mol. The van der Waals surface area contributed by atoms with E-state index in [2.05, 4.69) is 9.62 Å².